The van der Waals surface area contributed by atoms with Gasteiger partial charge in [-0.05, 0) is 38.5 Å². The van der Waals surface area contributed by atoms with Crippen LogP contribution in [0.3, 0.4) is 0 Å². The van der Waals surface area contributed by atoms with Crippen LogP contribution in [0.25, 0.3) is 0 Å². The highest BCUT2D eigenvalue weighted by molar-refractivity contribution is 7.90. The molecular formula is C17H27N3O4S. The lowest BCUT2D eigenvalue weighted by Crippen LogP contribution is -2.44. The number of nitrogens with zero attached hydrogens (tertiary/aromatic N) is 2. The quantitative estimate of drug-likeness (QED) is 0.828. The minimum Gasteiger partial charge on any atom is -0.477 e. The average molecular weight is 369 g/mol. The number of nitrogens with one attached hydrogen (secondary N) is 1. The molecule has 2 aliphatic rings. The van der Waals surface area contributed by atoms with Crippen LogP contribution in [0.5, 0.6) is 11.8 Å². The zero-order valence-corrected chi connectivity index (χ0v) is 15.5. The van der Waals surface area contributed by atoms with E-state index in [1.54, 1.807) is 12.4 Å². The van der Waals surface area contributed by atoms with E-state index in [0.29, 0.717) is 11.8 Å². The van der Waals surface area contributed by atoms with E-state index in [2.05, 4.69) is 14.7 Å². The maximum atomic E-state index is 12.5. The summed E-state index contributed by atoms with van der Waals surface area (Å²) in [5.74, 6) is 0.777. The number of ether oxygens (including phenoxy) is 2. The highest BCUT2D eigenvalue weighted by Gasteiger charge is 2.31. The fourth-order valence-corrected chi connectivity index (χ4v) is 5.54. The summed E-state index contributed by atoms with van der Waals surface area (Å²) in [4.78, 5) is 8.24. The number of hydrogen-bond acceptors (Lipinski definition) is 6. The molecule has 2 fully saturated rings. The maximum absolute atomic E-state index is 12.5. The van der Waals surface area contributed by atoms with Crippen molar-refractivity contribution in [1.29, 1.82) is 0 Å². The third kappa shape index (κ3) is 4.82. The molecule has 0 amide bonds. The minimum absolute atomic E-state index is 0.00975. The van der Waals surface area contributed by atoms with E-state index in [1.165, 1.54) is 7.11 Å². The summed E-state index contributed by atoms with van der Waals surface area (Å²) in [6.07, 6.45) is 11.1. The largest absolute Gasteiger partial charge is 0.477 e. The molecule has 0 radical (unpaired) electrons. The molecule has 0 bridgehead atoms. The van der Waals surface area contributed by atoms with Crippen LogP contribution in [0.2, 0.25) is 0 Å². The molecule has 0 unspecified atom stereocenters. The standard InChI is InChI=1S/C17H27N3O4S/c1-23-16-17(19-12-11-18-16)24-14-9-7-13(8-10-14)20-25(21,22)15-5-3-2-4-6-15/h11-15,20H,2-10H2,1H3. The van der Waals surface area contributed by atoms with E-state index in [1.807, 2.05) is 0 Å². The predicted molar refractivity (Wildman–Crippen MR) is 94.2 cm³/mol. The molecule has 1 N–H and O–H groups in total. The Kier molecular flexibility index (Phi) is 6.11. The second kappa shape index (κ2) is 8.31. The van der Waals surface area contributed by atoms with Gasteiger partial charge in [0.1, 0.15) is 6.10 Å². The molecule has 2 saturated carbocycles. The van der Waals surface area contributed by atoms with Crippen LogP contribution in [0.4, 0.5) is 0 Å². The highest BCUT2D eigenvalue weighted by atomic mass is 32.2. The van der Waals surface area contributed by atoms with E-state index in [-0.39, 0.29) is 17.4 Å². The fraction of sp³-hybridized carbons (Fsp3) is 0.765. The summed E-state index contributed by atoms with van der Waals surface area (Å²) in [6.45, 7) is 0. The molecule has 7 nitrogen and oxygen atoms in total. The van der Waals surface area contributed by atoms with Gasteiger partial charge < -0.3 is 9.47 Å². The van der Waals surface area contributed by atoms with E-state index in [9.17, 15) is 8.42 Å². The Morgan fingerprint density at radius 1 is 0.960 bits per heavy atom. The molecule has 0 spiro atoms. The molecule has 25 heavy (non-hydrogen) atoms. The highest BCUT2D eigenvalue weighted by Crippen LogP contribution is 2.28. The van der Waals surface area contributed by atoms with Gasteiger partial charge >= 0.3 is 0 Å². The predicted octanol–water partition coefficient (Wildman–Crippen LogP) is 2.43. The molecule has 0 aromatic carbocycles. The topological polar surface area (TPSA) is 90.4 Å². The van der Waals surface area contributed by atoms with Crippen LogP contribution in [-0.2, 0) is 10.0 Å². The Morgan fingerprint density at radius 3 is 2.24 bits per heavy atom. The minimum atomic E-state index is -3.20. The van der Waals surface area contributed by atoms with Crippen LogP contribution in [0, 0.1) is 0 Å². The first kappa shape index (κ1) is 18.4. The first-order valence-corrected chi connectivity index (χ1v) is 10.7. The molecule has 140 valence electrons. The lowest BCUT2D eigenvalue weighted by Gasteiger charge is -2.31. The zero-order chi connectivity index (χ0) is 17.7. The molecule has 0 aliphatic heterocycles. The molecule has 0 saturated heterocycles. The first-order valence-electron chi connectivity index (χ1n) is 9.11. The van der Waals surface area contributed by atoms with Crippen molar-refractivity contribution < 1.29 is 17.9 Å². The van der Waals surface area contributed by atoms with E-state index in [4.69, 9.17) is 9.47 Å². The summed E-state index contributed by atoms with van der Waals surface area (Å²) in [5, 5.41) is -0.209. The molecule has 2 aliphatic carbocycles. The van der Waals surface area contributed by atoms with Crippen molar-refractivity contribution in [2.45, 2.75) is 75.2 Å². The number of aromatic nitrogens is 2. The second-order valence-electron chi connectivity index (χ2n) is 6.89. The van der Waals surface area contributed by atoms with Gasteiger partial charge in [-0.2, -0.15) is 0 Å². The van der Waals surface area contributed by atoms with Gasteiger partial charge in [-0.1, -0.05) is 19.3 Å². The van der Waals surface area contributed by atoms with Crippen LogP contribution in [0.1, 0.15) is 57.8 Å². The van der Waals surface area contributed by atoms with Crippen molar-refractivity contribution in [3.8, 4) is 11.8 Å². The van der Waals surface area contributed by atoms with Crippen LogP contribution < -0.4 is 14.2 Å². The zero-order valence-electron chi connectivity index (χ0n) is 14.7. The summed E-state index contributed by atoms with van der Waals surface area (Å²) in [6, 6.07) is 0.00975. The Bertz CT molecular complexity index is 654. The van der Waals surface area contributed by atoms with Crippen molar-refractivity contribution in [2.24, 2.45) is 0 Å². The first-order chi connectivity index (χ1) is 12.1. The lowest BCUT2D eigenvalue weighted by atomic mass is 9.94. The maximum Gasteiger partial charge on any atom is 0.278 e. The number of sulfonamides is 1. The van der Waals surface area contributed by atoms with Crippen molar-refractivity contribution >= 4 is 10.0 Å². The SMILES string of the molecule is COc1nccnc1OC1CCC(NS(=O)(=O)C2CCCCC2)CC1. The lowest BCUT2D eigenvalue weighted by molar-refractivity contribution is 0.132. The molecule has 3 rings (SSSR count). The second-order valence-corrected chi connectivity index (χ2v) is 8.88. The van der Waals surface area contributed by atoms with Gasteiger partial charge in [0.05, 0.1) is 12.4 Å². The summed E-state index contributed by atoms with van der Waals surface area (Å²) >= 11 is 0. The van der Waals surface area contributed by atoms with Crippen molar-refractivity contribution in [2.75, 3.05) is 7.11 Å². The Labute approximate surface area is 149 Å². The molecule has 1 heterocycles. The third-order valence-electron chi connectivity index (χ3n) is 5.10. The van der Waals surface area contributed by atoms with Gasteiger partial charge in [-0.15, -0.1) is 0 Å². The van der Waals surface area contributed by atoms with Crippen molar-refractivity contribution in [3.05, 3.63) is 12.4 Å². The number of methoxy groups -OCH3 is 1. The summed E-state index contributed by atoms with van der Waals surface area (Å²) in [5.41, 5.74) is 0. The van der Waals surface area contributed by atoms with Gasteiger partial charge in [0.2, 0.25) is 10.0 Å². The van der Waals surface area contributed by atoms with Crippen molar-refractivity contribution in [3.63, 3.8) is 0 Å². The van der Waals surface area contributed by atoms with Gasteiger partial charge in [-0.25, -0.2) is 23.1 Å². The van der Waals surface area contributed by atoms with Crippen molar-refractivity contribution in [1.82, 2.24) is 14.7 Å². The summed E-state index contributed by atoms with van der Waals surface area (Å²) < 4.78 is 39.0. The normalized spacial score (nSPS) is 25.5. The van der Waals surface area contributed by atoms with E-state index >= 15 is 0 Å². The van der Waals surface area contributed by atoms with Gasteiger partial charge in [-0.3, -0.25) is 0 Å². The monoisotopic (exact) mass is 369 g/mol. The Morgan fingerprint density at radius 2 is 1.60 bits per heavy atom. The molecular weight excluding hydrogens is 342 g/mol. The molecule has 8 heteroatoms. The smallest absolute Gasteiger partial charge is 0.278 e. The van der Waals surface area contributed by atoms with Gasteiger partial charge in [0.15, 0.2) is 0 Å². The molecule has 1 aromatic rings. The van der Waals surface area contributed by atoms with Crippen LogP contribution >= 0.6 is 0 Å². The molecule has 1 aromatic heterocycles. The van der Waals surface area contributed by atoms with E-state index < -0.39 is 10.0 Å². The number of hydrogen-bond donors (Lipinski definition) is 1. The van der Waals surface area contributed by atoms with E-state index in [0.717, 1.165) is 57.8 Å². The van der Waals surface area contributed by atoms with Gasteiger partial charge in [0, 0.05) is 18.4 Å². The number of rotatable bonds is 6. The van der Waals surface area contributed by atoms with Gasteiger partial charge in [0.25, 0.3) is 11.8 Å². The van der Waals surface area contributed by atoms with Crippen LogP contribution in [0.15, 0.2) is 12.4 Å². The Balaban J connectivity index is 1.50. The molecule has 0 atom stereocenters. The summed E-state index contributed by atoms with van der Waals surface area (Å²) in [7, 11) is -1.67. The average Bonchev–Trinajstić information content (AvgIpc) is 2.64. The Hall–Kier alpha value is -1.41. The van der Waals surface area contributed by atoms with Crippen LogP contribution in [-0.4, -0.2) is 42.9 Å². The fourth-order valence-electron chi connectivity index (χ4n) is 3.69. The third-order valence-corrected chi connectivity index (χ3v) is 7.11.